The number of fused-ring (bicyclic) bond motifs is 11. The Bertz CT molecular complexity index is 1800. The minimum Gasteiger partial charge on any atom is -0.256 e. The van der Waals surface area contributed by atoms with Gasteiger partial charge in [-0.3, -0.25) is 4.98 Å². The number of nitrogens with zero attached hydrogens (tertiary/aromatic N) is 1. The lowest BCUT2D eigenvalue weighted by Gasteiger charge is -2.17. The van der Waals surface area contributed by atoms with Crippen molar-refractivity contribution in [3.8, 4) is 11.3 Å². The van der Waals surface area contributed by atoms with Gasteiger partial charge in [-0.2, -0.15) is 0 Å². The molecular weight excluding hydrogens is 386 g/mol. The first-order chi connectivity index (χ1) is 15.9. The van der Waals surface area contributed by atoms with E-state index in [2.05, 4.69) is 102 Å². The van der Waals surface area contributed by atoms with Gasteiger partial charge in [0.15, 0.2) is 0 Å². The molecule has 0 bridgehead atoms. The molecule has 0 aliphatic heterocycles. The van der Waals surface area contributed by atoms with E-state index in [1.807, 2.05) is 18.3 Å². The van der Waals surface area contributed by atoms with Crippen molar-refractivity contribution >= 4 is 53.9 Å². The second kappa shape index (κ2) is 6.63. The van der Waals surface area contributed by atoms with E-state index in [-0.39, 0.29) is 0 Å². The van der Waals surface area contributed by atoms with Gasteiger partial charge in [-0.1, -0.05) is 91.0 Å². The van der Waals surface area contributed by atoms with Crippen LogP contribution in [0.4, 0.5) is 0 Å². The zero-order valence-corrected chi connectivity index (χ0v) is 17.4. The summed E-state index contributed by atoms with van der Waals surface area (Å²) in [4.78, 5) is 4.61. The quantitative estimate of drug-likeness (QED) is 0.249. The zero-order valence-electron chi connectivity index (χ0n) is 17.4. The highest BCUT2D eigenvalue weighted by atomic mass is 14.7. The van der Waals surface area contributed by atoms with Gasteiger partial charge < -0.3 is 0 Å². The molecule has 1 aromatic heterocycles. The van der Waals surface area contributed by atoms with Crippen molar-refractivity contribution < 1.29 is 0 Å². The van der Waals surface area contributed by atoms with E-state index in [9.17, 15) is 0 Å². The monoisotopic (exact) mass is 405 g/mol. The molecule has 0 fully saturated rings. The Hall–Kier alpha value is -4.23. The van der Waals surface area contributed by atoms with Crippen molar-refractivity contribution in [1.29, 1.82) is 0 Å². The van der Waals surface area contributed by atoms with Crippen LogP contribution in [0.1, 0.15) is 0 Å². The van der Waals surface area contributed by atoms with Crippen LogP contribution in [0, 0.1) is 0 Å². The highest BCUT2D eigenvalue weighted by molar-refractivity contribution is 6.39. The van der Waals surface area contributed by atoms with Gasteiger partial charge in [-0.25, -0.2) is 0 Å². The van der Waals surface area contributed by atoms with Gasteiger partial charge in [0.05, 0.1) is 5.69 Å². The molecule has 7 aromatic rings. The smallest absolute Gasteiger partial charge is 0.0702 e. The van der Waals surface area contributed by atoms with Crippen LogP contribution in [0.3, 0.4) is 0 Å². The van der Waals surface area contributed by atoms with Crippen molar-refractivity contribution in [3.05, 3.63) is 115 Å². The van der Waals surface area contributed by atoms with E-state index >= 15 is 0 Å². The molecule has 0 aliphatic rings. The molecule has 0 saturated carbocycles. The molecule has 32 heavy (non-hydrogen) atoms. The van der Waals surface area contributed by atoms with Gasteiger partial charge in [0.1, 0.15) is 0 Å². The fourth-order valence-corrected chi connectivity index (χ4v) is 5.32. The first-order valence-corrected chi connectivity index (χ1v) is 11.0. The number of benzene rings is 6. The summed E-state index contributed by atoms with van der Waals surface area (Å²) in [6.07, 6.45) is 1.86. The highest BCUT2D eigenvalue weighted by Crippen LogP contribution is 2.44. The van der Waals surface area contributed by atoms with E-state index in [1.54, 1.807) is 0 Å². The number of rotatable bonds is 1. The Balaban J connectivity index is 1.82. The van der Waals surface area contributed by atoms with Crippen molar-refractivity contribution in [2.75, 3.05) is 0 Å². The average Bonchev–Trinajstić information content (AvgIpc) is 2.88. The van der Waals surface area contributed by atoms with Gasteiger partial charge in [-0.15, -0.1) is 0 Å². The lowest BCUT2D eigenvalue weighted by molar-refractivity contribution is 1.33. The van der Waals surface area contributed by atoms with Crippen LogP contribution in [0.5, 0.6) is 0 Å². The van der Waals surface area contributed by atoms with Crippen molar-refractivity contribution in [2.45, 2.75) is 0 Å². The molecule has 0 atom stereocenters. The fraction of sp³-hybridized carbons (Fsp3) is 0. The van der Waals surface area contributed by atoms with Crippen LogP contribution < -0.4 is 0 Å². The number of pyridine rings is 1. The lowest BCUT2D eigenvalue weighted by Crippen LogP contribution is -1.89. The molecule has 0 radical (unpaired) electrons. The fourth-order valence-electron chi connectivity index (χ4n) is 5.32. The van der Waals surface area contributed by atoms with E-state index < -0.39 is 0 Å². The Morgan fingerprint density at radius 2 is 0.844 bits per heavy atom. The number of hydrogen-bond acceptors (Lipinski definition) is 1. The Labute approximate surface area is 185 Å². The van der Waals surface area contributed by atoms with Crippen LogP contribution in [0.15, 0.2) is 115 Å². The molecular formula is C31H19N. The van der Waals surface area contributed by atoms with Crippen molar-refractivity contribution in [1.82, 2.24) is 4.98 Å². The summed E-state index contributed by atoms with van der Waals surface area (Å²) in [7, 11) is 0. The highest BCUT2D eigenvalue weighted by Gasteiger charge is 2.16. The maximum Gasteiger partial charge on any atom is 0.0702 e. The summed E-state index contributed by atoms with van der Waals surface area (Å²) < 4.78 is 0. The summed E-state index contributed by atoms with van der Waals surface area (Å²) in [5.41, 5.74) is 2.15. The molecule has 0 spiro atoms. The van der Waals surface area contributed by atoms with Gasteiger partial charge in [0.2, 0.25) is 0 Å². The van der Waals surface area contributed by atoms with Gasteiger partial charge in [0.25, 0.3) is 0 Å². The molecule has 0 N–H and O–H groups in total. The summed E-state index contributed by atoms with van der Waals surface area (Å²) in [5, 5.41) is 13.0. The van der Waals surface area contributed by atoms with Gasteiger partial charge in [0, 0.05) is 11.8 Å². The SMILES string of the molecule is c1ccc(-c2ccc3c4ccccc4c4c5ccccc5c5ccccc5c4c3c2)nc1. The molecule has 6 aromatic carbocycles. The third kappa shape index (κ3) is 2.36. The van der Waals surface area contributed by atoms with Crippen molar-refractivity contribution in [2.24, 2.45) is 0 Å². The van der Waals surface area contributed by atoms with Crippen molar-refractivity contribution in [3.63, 3.8) is 0 Å². The minimum absolute atomic E-state index is 1.00. The summed E-state index contributed by atoms with van der Waals surface area (Å²) in [5.74, 6) is 0. The van der Waals surface area contributed by atoms with E-state index in [0.717, 1.165) is 11.3 Å². The predicted octanol–water partition coefficient (Wildman–Crippen LogP) is 8.51. The molecule has 1 heteroatoms. The normalized spacial score (nSPS) is 11.8. The zero-order chi connectivity index (χ0) is 21.1. The Morgan fingerprint density at radius 1 is 0.375 bits per heavy atom. The maximum atomic E-state index is 4.61. The van der Waals surface area contributed by atoms with Crippen LogP contribution >= 0.6 is 0 Å². The standard InChI is InChI=1S/C31H19N/c1-4-12-25-21(9-1)22-10-2-6-14-27(22)31-28-19-20(29-15-7-8-18-32-29)16-17-24(28)23-11-3-5-13-26(23)30(25)31/h1-19H. The van der Waals surface area contributed by atoms with E-state index in [0.29, 0.717) is 0 Å². The van der Waals surface area contributed by atoms with Crippen LogP contribution in [-0.2, 0) is 0 Å². The largest absolute Gasteiger partial charge is 0.256 e. The number of hydrogen-bond donors (Lipinski definition) is 0. The van der Waals surface area contributed by atoms with E-state index in [4.69, 9.17) is 0 Å². The molecule has 0 saturated heterocycles. The molecule has 7 rings (SSSR count). The molecule has 0 aliphatic carbocycles. The minimum atomic E-state index is 1.00. The van der Waals surface area contributed by atoms with Crippen LogP contribution in [0.2, 0.25) is 0 Å². The second-order valence-corrected chi connectivity index (χ2v) is 8.36. The molecule has 1 heterocycles. The third-order valence-electron chi connectivity index (χ3n) is 6.67. The van der Waals surface area contributed by atoms with E-state index in [1.165, 1.54) is 53.9 Å². The predicted molar refractivity (Wildman–Crippen MR) is 137 cm³/mol. The van der Waals surface area contributed by atoms with Crippen LogP contribution in [0.25, 0.3) is 65.1 Å². The first-order valence-electron chi connectivity index (χ1n) is 11.0. The van der Waals surface area contributed by atoms with Gasteiger partial charge >= 0.3 is 0 Å². The lowest BCUT2D eigenvalue weighted by atomic mass is 9.86. The van der Waals surface area contributed by atoms with Gasteiger partial charge in [-0.05, 0) is 72.1 Å². The molecule has 0 amide bonds. The Kier molecular flexibility index (Phi) is 3.62. The molecule has 0 unspecified atom stereocenters. The first kappa shape index (κ1) is 17.5. The third-order valence-corrected chi connectivity index (χ3v) is 6.67. The molecule has 1 nitrogen and oxygen atoms in total. The average molecular weight is 406 g/mol. The van der Waals surface area contributed by atoms with Crippen LogP contribution in [-0.4, -0.2) is 4.98 Å². The topological polar surface area (TPSA) is 12.9 Å². The number of aromatic nitrogens is 1. The Morgan fingerprint density at radius 3 is 1.38 bits per heavy atom. The summed E-state index contributed by atoms with van der Waals surface area (Å²) >= 11 is 0. The second-order valence-electron chi connectivity index (χ2n) is 8.36. The maximum absolute atomic E-state index is 4.61. The summed E-state index contributed by atoms with van der Waals surface area (Å²) in [6.45, 7) is 0. The molecule has 148 valence electrons. The summed E-state index contributed by atoms with van der Waals surface area (Å²) in [6, 6.07) is 39.3.